The Morgan fingerprint density at radius 3 is 0.577 bits per heavy atom. The minimum atomic E-state index is -1.03. The Hall–Kier alpha value is -10.3. The lowest BCUT2D eigenvalue weighted by Gasteiger charge is -2.28. The molecule has 4 N–H and O–H groups in total. The smallest absolute Gasteiger partial charge is 0.288 e. The van der Waals surface area contributed by atoms with E-state index in [9.17, 15) is 80.5 Å². The van der Waals surface area contributed by atoms with Crippen molar-refractivity contribution in [3.63, 3.8) is 0 Å². The highest BCUT2D eigenvalue weighted by Crippen LogP contribution is 2.57. The third-order valence-electron chi connectivity index (χ3n) is 16.0. The van der Waals surface area contributed by atoms with E-state index in [1.807, 2.05) is 132 Å². The Bertz CT molecular complexity index is 3990. The van der Waals surface area contributed by atoms with E-state index in [1.54, 1.807) is 0 Å². The van der Waals surface area contributed by atoms with Crippen LogP contribution < -0.4 is 39.2 Å². The van der Waals surface area contributed by atoms with Crippen LogP contribution in [0.4, 0.5) is 45.5 Å². The van der Waals surface area contributed by atoms with Gasteiger partial charge in [0.25, 0.3) is 46.4 Å². The molecule has 1 heterocycles. The van der Waals surface area contributed by atoms with E-state index in [2.05, 4.69) is 0 Å². The summed E-state index contributed by atoms with van der Waals surface area (Å²) in [4.78, 5) is 104. The number of ether oxygens (including phenoxy) is 4. The van der Waals surface area contributed by atoms with Gasteiger partial charge in [-0.25, -0.2) is 0 Å². The Morgan fingerprint density at radius 1 is 0.308 bits per heavy atom. The average Bonchev–Trinajstić information content (AvgIpc) is 0.761. The number of rotatable bonds is 20. The molecule has 0 radical (unpaired) electrons. The number of hydroxylamine groups is 4. The number of nitro benzene ring substituents is 4. The maximum Gasteiger partial charge on any atom is 0.288 e. The molecule has 9 rings (SSSR count). The zero-order valence-electron chi connectivity index (χ0n) is 58.2. The number of anilines is 4. The van der Waals surface area contributed by atoms with E-state index in [0.29, 0.717) is 61.4 Å². The van der Waals surface area contributed by atoms with Gasteiger partial charge in [0.15, 0.2) is 26.4 Å². The predicted molar refractivity (Wildman–Crippen MR) is 389 cm³/mol. The molecule has 32 heteroatoms. The maximum absolute atomic E-state index is 14.4. The number of hydrogen-bond acceptors (Lipinski definition) is 24. The fourth-order valence-electron chi connectivity index (χ4n) is 9.91. The quantitative estimate of drug-likeness (QED) is 0.0313. The number of carbonyl (C=O) groups excluding carboxylic acids is 4. The van der Waals surface area contributed by atoms with Crippen LogP contribution in [0.15, 0.2) is 185 Å². The molecule has 28 nitrogen and oxygen atoms in total. The molecule has 4 amide bonds. The SMILES string of the molecule is CC(C)(C)c1cc2c(OCC(=O)N(O)c3ccc([N+](=O)[O-])cc3)c(c1)Sc1cc(C(C)(C)C)cc(c1OCC(=O)N(O)c1ccc([N+](=O)[O-])cc1)Sc1cc(C(C)(C)C)cc(c1OCC(=O)N(O)c1ccc([N+](=O)[O-])cc1)Sc1cc(C(C)(C)C)cc(c1OCC(=O)N(O)c1ccc([N+](=O)[O-])cc1)S2. The van der Waals surface area contributed by atoms with Crippen LogP contribution in [0.3, 0.4) is 0 Å². The van der Waals surface area contributed by atoms with Crippen molar-refractivity contribution in [2.75, 3.05) is 46.7 Å². The lowest BCUT2D eigenvalue weighted by Crippen LogP contribution is -2.32. The van der Waals surface area contributed by atoms with Crippen molar-refractivity contribution < 1.29 is 78.6 Å². The van der Waals surface area contributed by atoms with Crippen LogP contribution in [0.2, 0.25) is 0 Å². The van der Waals surface area contributed by atoms with Gasteiger partial charge in [0, 0.05) is 48.5 Å². The first-order chi connectivity index (χ1) is 48.7. The first kappa shape index (κ1) is 77.8. The molecule has 1 aliphatic rings. The van der Waals surface area contributed by atoms with Crippen LogP contribution >= 0.6 is 47.0 Å². The molecule has 8 aromatic rings. The Morgan fingerprint density at radius 2 is 0.452 bits per heavy atom. The van der Waals surface area contributed by atoms with Crippen molar-refractivity contribution in [1.29, 1.82) is 0 Å². The third kappa shape index (κ3) is 18.5. The summed E-state index contributed by atoms with van der Waals surface area (Å²) in [6.45, 7) is 19.9. The molecule has 0 saturated heterocycles. The second-order valence-corrected chi connectivity index (χ2v) is 32.0. The summed E-state index contributed by atoms with van der Waals surface area (Å²) in [7, 11) is 0. The van der Waals surface area contributed by atoms with Crippen molar-refractivity contribution in [2.45, 2.75) is 144 Å². The zero-order valence-corrected chi connectivity index (χ0v) is 61.5. The average molecular weight is 1500 g/mol. The maximum atomic E-state index is 14.4. The van der Waals surface area contributed by atoms with E-state index in [4.69, 9.17) is 18.9 Å². The number of nitrogens with zero attached hydrogens (tertiary/aromatic N) is 8. The number of non-ortho nitro benzene ring substituents is 4. The molecule has 1 aliphatic heterocycles. The van der Waals surface area contributed by atoms with E-state index >= 15 is 0 Å². The molecule has 8 aromatic carbocycles. The van der Waals surface area contributed by atoms with Crippen LogP contribution in [0, 0.1) is 40.5 Å². The topological polar surface area (TPSA) is 372 Å². The first-order valence-corrected chi connectivity index (χ1v) is 34.9. The summed E-state index contributed by atoms with van der Waals surface area (Å²) in [5, 5.41) is 93.4. The van der Waals surface area contributed by atoms with E-state index in [0.717, 1.165) is 95.6 Å². The number of carbonyl (C=O) groups is 4. The van der Waals surface area contributed by atoms with Gasteiger partial charge in [-0.05, 0) is 141 Å². The molecule has 0 aromatic heterocycles. The molecule has 544 valence electrons. The number of fused-ring (bicyclic) bond motifs is 8. The van der Waals surface area contributed by atoms with Crippen molar-refractivity contribution >= 4 is 116 Å². The van der Waals surface area contributed by atoms with Gasteiger partial charge >= 0.3 is 0 Å². The van der Waals surface area contributed by atoms with Gasteiger partial charge < -0.3 is 18.9 Å². The highest BCUT2D eigenvalue weighted by molar-refractivity contribution is 8.01. The summed E-state index contributed by atoms with van der Waals surface area (Å²) >= 11 is 4.28. The van der Waals surface area contributed by atoms with Gasteiger partial charge in [0.2, 0.25) is 0 Å². The second kappa shape index (κ2) is 31.3. The van der Waals surface area contributed by atoms with Crippen molar-refractivity contribution in [2.24, 2.45) is 0 Å². The largest absolute Gasteiger partial charge is 0.481 e. The Labute approximate surface area is 613 Å². The van der Waals surface area contributed by atoms with Gasteiger partial charge in [-0.3, -0.25) is 80.5 Å². The Kier molecular flexibility index (Phi) is 23.4. The van der Waals surface area contributed by atoms with Gasteiger partial charge in [0.05, 0.1) is 81.6 Å². The van der Waals surface area contributed by atoms with E-state index < -0.39 is 91.4 Å². The van der Waals surface area contributed by atoms with Crippen molar-refractivity contribution in [3.8, 4) is 23.0 Å². The molecule has 0 aliphatic carbocycles. The lowest BCUT2D eigenvalue weighted by atomic mass is 9.87. The molecule has 0 saturated carbocycles. The highest BCUT2D eigenvalue weighted by Gasteiger charge is 2.34. The van der Waals surface area contributed by atoms with Crippen LogP contribution in [0.25, 0.3) is 0 Å². The van der Waals surface area contributed by atoms with E-state index in [1.165, 1.54) is 48.5 Å². The molecule has 8 bridgehead atoms. The number of benzene rings is 8. The minimum Gasteiger partial charge on any atom is -0.481 e. The van der Waals surface area contributed by atoms with E-state index in [-0.39, 0.29) is 88.8 Å². The zero-order chi connectivity index (χ0) is 76.2. The van der Waals surface area contributed by atoms with Crippen LogP contribution in [0.1, 0.15) is 105 Å². The predicted octanol–water partition coefficient (Wildman–Crippen LogP) is 16.6. The number of hydrogen-bond donors (Lipinski definition) is 4. The normalized spacial score (nSPS) is 12.3. The van der Waals surface area contributed by atoms with Crippen LogP contribution in [-0.2, 0) is 40.8 Å². The molecule has 0 unspecified atom stereocenters. The van der Waals surface area contributed by atoms with Crippen LogP contribution in [0.5, 0.6) is 23.0 Å². The van der Waals surface area contributed by atoms with Crippen molar-refractivity contribution in [3.05, 3.63) is 208 Å². The van der Waals surface area contributed by atoms with Gasteiger partial charge in [-0.15, -0.1) is 0 Å². The number of nitro groups is 4. The van der Waals surface area contributed by atoms with Gasteiger partial charge in [0.1, 0.15) is 23.0 Å². The summed E-state index contributed by atoms with van der Waals surface area (Å²) in [5.41, 5.74) is -1.84. The summed E-state index contributed by atoms with van der Waals surface area (Å²) in [6, 6.07) is 32.7. The number of amides is 4. The molecular formula is C72H72N8O20S4. The monoisotopic (exact) mass is 1500 g/mol. The fourth-order valence-corrected chi connectivity index (χ4v) is 14.7. The summed E-state index contributed by atoms with van der Waals surface area (Å²) in [5.74, 6) is -4.04. The molecule has 0 fully saturated rings. The lowest BCUT2D eigenvalue weighted by molar-refractivity contribution is -0.385. The van der Waals surface area contributed by atoms with Gasteiger partial charge in [-0.2, -0.15) is 20.3 Å². The minimum absolute atomic E-state index is 0.0202. The summed E-state index contributed by atoms with van der Waals surface area (Å²) < 4.78 is 26.9. The molecular weight excluding hydrogens is 1430 g/mol. The fraction of sp³-hybridized carbons (Fsp3) is 0.278. The highest BCUT2D eigenvalue weighted by atomic mass is 32.2. The molecule has 0 spiro atoms. The Balaban J connectivity index is 1.34. The second-order valence-electron chi connectivity index (χ2n) is 27.7. The van der Waals surface area contributed by atoms with Gasteiger partial charge in [-0.1, -0.05) is 130 Å². The summed E-state index contributed by atoms with van der Waals surface area (Å²) in [6.07, 6.45) is 0. The molecule has 104 heavy (non-hydrogen) atoms. The first-order valence-electron chi connectivity index (χ1n) is 31.7. The van der Waals surface area contributed by atoms with Crippen LogP contribution in [-0.4, -0.2) is 90.6 Å². The van der Waals surface area contributed by atoms with Crippen molar-refractivity contribution in [1.82, 2.24) is 0 Å². The molecule has 0 atom stereocenters. The third-order valence-corrected chi connectivity index (χ3v) is 20.1. The standard InChI is InChI=1S/C72H72N8O20S4/c1-69(2,3)41-29-53-65(97-37-61(81)73(85)45-13-21-49(22-14-45)77(89)90)54(30-41)102-56-32-43(71(7,8)9)34-58(67(56)99-39-63(83)75(87)47-17-25-51(26-18-47)79(93)94)104-60-36-44(72(10,11)12)35-59(68(60)100-40-64(84)76(88)48-19-27-52(28-20-48)80(95)96)103-57-33-42(70(4,5)6)31-55(101-53)66(57)98-38-62(82)74(86)46-15-23-50(24-16-46)78(91)92/h13-36,85-88H,37-40H2,1-12H3.